The van der Waals surface area contributed by atoms with E-state index in [1.165, 1.54) is 97.2 Å². The molecule has 0 amide bonds. The molecule has 7 heteroatoms. The van der Waals surface area contributed by atoms with Crippen LogP contribution in [0.25, 0.3) is 21.5 Å². The molecule has 3 aliphatic rings. The molecular weight excluding hydrogens is 797 g/mol. The Bertz CT molecular complexity index is 2480. The van der Waals surface area contributed by atoms with Gasteiger partial charge in [0.2, 0.25) is 5.69 Å². The quantitative estimate of drug-likeness (QED) is 0.0641. The largest absolute Gasteiger partial charge is 0.481 e. The first-order valence-electron chi connectivity index (χ1n) is 23.8. The lowest BCUT2D eigenvalue weighted by Crippen LogP contribution is -2.28. The summed E-state index contributed by atoms with van der Waals surface area (Å²) >= 11 is 2.05. The van der Waals surface area contributed by atoms with Gasteiger partial charge in [-0.1, -0.05) is 113 Å². The molecule has 0 atom stereocenters. The normalized spacial score (nSPS) is 18.1. The molecule has 0 radical (unpaired) electrons. The molecule has 2 N–H and O–H groups in total. The molecule has 0 fully saturated rings. The molecule has 4 aromatic carbocycles. The summed E-state index contributed by atoms with van der Waals surface area (Å²) in [6, 6.07) is 26.6. The van der Waals surface area contributed by atoms with Crippen LogP contribution in [-0.2, 0) is 20.4 Å². The number of benzene rings is 4. The number of carboxylic acid groups (broad SMARTS) is 2. The summed E-state index contributed by atoms with van der Waals surface area (Å²) in [6.45, 7) is 13.5. The van der Waals surface area contributed by atoms with E-state index in [4.69, 9.17) is 0 Å². The smallest absolute Gasteiger partial charge is 0.303 e. The molecule has 332 valence electrons. The zero-order valence-corrected chi connectivity index (χ0v) is 39.3. The van der Waals surface area contributed by atoms with Crippen LogP contribution >= 0.6 is 11.8 Å². The number of allylic oxidation sites excluding steroid dienone is 7. The maximum Gasteiger partial charge on any atom is 0.303 e. The van der Waals surface area contributed by atoms with Gasteiger partial charge < -0.3 is 15.1 Å². The molecular formula is C56H69N2O4S+. The summed E-state index contributed by atoms with van der Waals surface area (Å²) in [6.07, 6.45) is 23.4. The third-order valence-electron chi connectivity index (χ3n) is 13.7. The van der Waals surface area contributed by atoms with Crippen LogP contribution in [0.4, 0.5) is 11.4 Å². The van der Waals surface area contributed by atoms with E-state index in [1.54, 1.807) is 0 Å². The summed E-state index contributed by atoms with van der Waals surface area (Å²) in [5.74, 6) is -0.336. The highest BCUT2D eigenvalue weighted by Crippen LogP contribution is 2.51. The van der Waals surface area contributed by atoms with E-state index in [2.05, 4.69) is 153 Å². The van der Waals surface area contributed by atoms with Gasteiger partial charge in [0, 0.05) is 65.2 Å². The highest BCUT2D eigenvalue weighted by molar-refractivity contribution is 8.03. The Hall–Kier alpha value is -4.88. The van der Waals surface area contributed by atoms with E-state index in [-0.39, 0.29) is 23.7 Å². The Balaban J connectivity index is 1.27. The zero-order chi connectivity index (χ0) is 44.6. The van der Waals surface area contributed by atoms with Gasteiger partial charge in [0.15, 0.2) is 5.71 Å². The Labute approximate surface area is 380 Å². The molecule has 0 bridgehead atoms. The van der Waals surface area contributed by atoms with Crippen molar-refractivity contribution < 1.29 is 24.4 Å². The fourth-order valence-corrected chi connectivity index (χ4v) is 11.7. The predicted molar refractivity (Wildman–Crippen MR) is 266 cm³/mol. The summed E-state index contributed by atoms with van der Waals surface area (Å²) in [7, 11) is 0. The molecule has 4 aromatic rings. The average molecular weight is 866 g/mol. The van der Waals surface area contributed by atoms with Gasteiger partial charge in [0.25, 0.3) is 0 Å². The second kappa shape index (κ2) is 20.7. The van der Waals surface area contributed by atoms with Gasteiger partial charge >= 0.3 is 11.9 Å². The maximum atomic E-state index is 11.3. The number of hydrogen-bond acceptors (Lipinski definition) is 4. The van der Waals surface area contributed by atoms with E-state index in [1.807, 2.05) is 0 Å². The Morgan fingerprint density at radius 1 is 0.698 bits per heavy atom. The molecule has 2 heterocycles. The van der Waals surface area contributed by atoms with Gasteiger partial charge in [-0.15, -0.1) is 11.8 Å². The number of nitrogens with zero attached hydrogens (tertiary/aromatic N) is 2. The topological polar surface area (TPSA) is 80.9 Å². The van der Waals surface area contributed by atoms with Crippen LogP contribution in [-0.4, -0.2) is 51.3 Å². The van der Waals surface area contributed by atoms with Crippen molar-refractivity contribution in [1.82, 2.24) is 0 Å². The predicted octanol–water partition coefficient (Wildman–Crippen LogP) is 14.6. The summed E-state index contributed by atoms with van der Waals surface area (Å²) < 4.78 is 2.53. The summed E-state index contributed by atoms with van der Waals surface area (Å²) in [5, 5.41) is 23.7. The number of hydrogen-bond donors (Lipinski definition) is 2. The van der Waals surface area contributed by atoms with Crippen molar-refractivity contribution in [2.75, 3.05) is 23.7 Å². The van der Waals surface area contributed by atoms with Gasteiger partial charge in [-0.05, 0) is 127 Å². The van der Waals surface area contributed by atoms with Crippen LogP contribution in [0.2, 0.25) is 0 Å². The van der Waals surface area contributed by atoms with Crippen molar-refractivity contribution in [2.24, 2.45) is 0 Å². The lowest BCUT2D eigenvalue weighted by atomic mass is 9.78. The van der Waals surface area contributed by atoms with E-state index in [0.717, 1.165) is 63.8 Å². The standard InChI is InChI=1S/C56H68N2O4S/c1-6-7-8-19-39-63-54-42(31-35-48-55(2,3)52-44-25-15-13-21-40(44)29-33-46(52)57(48)37-17-9-11-27-50(59)60)23-20-24-43(54)32-36-49-56(4,5)53-45-26-16-14-22-41(45)30-34-47(53)58(49)38-18-10-12-28-51(61)62/h13-16,21-22,25-26,29-36H,6-12,17-20,23-24,27-28,37-39H2,1-5H3,(H-,59,60,61,62)/p+1. The Morgan fingerprint density at radius 2 is 1.35 bits per heavy atom. The zero-order valence-electron chi connectivity index (χ0n) is 38.5. The van der Waals surface area contributed by atoms with E-state index in [0.29, 0.717) is 12.8 Å². The fraction of sp³-hybridized carbons (Fsp3) is 0.446. The molecule has 0 saturated carbocycles. The van der Waals surface area contributed by atoms with Gasteiger partial charge in [0.1, 0.15) is 6.54 Å². The fourth-order valence-electron chi connectivity index (χ4n) is 10.5. The van der Waals surface area contributed by atoms with E-state index < -0.39 is 11.9 Å². The molecule has 0 unspecified atom stereocenters. The number of thioether (sulfide) groups is 1. The van der Waals surface area contributed by atoms with Crippen LogP contribution in [0.1, 0.15) is 142 Å². The molecule has 6 nitrogen and oxygen atoms in total. The van der Waals surface area contributed by atoms with E-state index >= 15 is 0 Å². The van der Waals surface area contributed by atoms with Gasteiger partial charge in [-0.3, -0.25) is 9.59 Å². The van der Waals surface area contributed by atoms with Gasteiger partial charge in [-0.2, -0.15) is 4.58 Å². The second-order valence-electron chi connectivity index (χ2n) is 18.9. The maximum absolute atomic E-state index is 11.3. The van der Waals surface area contributed by atoms with Crippen LogP contribution in [0.15, 0.2) is 119 Å². The van der Waals surface area contributed by atoms with Crippen molar-refractivity contribution in [3.8, 4) is 0 Å². The minimum atomic E-state index is -0.721. The molecule has 2 aliphatic heterocycles. The van der Waals surface area contributed by atoms with Crippen molar-refractivity contribution in [3.63, 3.8) is 0 Å². The monoisotopic (exact) mass is 865 g/mol. The average Bonchev–Trinajstić information content (AvgIpc) is 3.62. The first-order chi connectivity index (χ1) is 30.4. The number of carboxylic acids is 2. The number of carbonyl (C=O) groups is 2. The SMILES string of the molecule is CCCCCCSC1=C(C=CC2=[N+](CCCCCC(=O)O)c3ccc4ccccc4c3C2(C)C)CCCC1=CC=C1N(CCCCCC(=O)O)c2ccc3ccccc3c2C1(C)C. The van der Waals surface area contributed by atoms with Crippen molar-refractivity contribution in [2.45, 2.75) is 142 Å². The Kier molecular flexibility index (Phi) is 15.2. The van der Waals surface area contributed by atoms with Crippen molar-refractivity contribution in [1.29, 1.82) is 0 Å². The van der Waals surface area contributed by atoms with Crippen LogP contribution in [0.3, 0.4) is 0 Å². The summed E-state index contributed by atoms with van der Waals surface area (Å²) in [4.78, 5) is 26.6. The molecule has 0 aromatic heterocycles. The molecule has 7 rings (SSSR count). The lowest BCUT2D eigenvalue weighted by Gasteiger charge is -2.28. The highest BCUT2D eigenvalue weighted by Gasteiger charge is 2.45. The first kappa shape index (κ1) is 46.1. The minimum Gasteiger partial charge on any atom is -0.481 e. The number of rotatable bonds is 21. The lowest BCUT2D eigenvalue weighted by molar-refractivity contribution is -0.438. The first-order valence-corrected chi connectivity index (χ1v) is 24.8. The number of anilines is 1. The molecule has 0 spiro atoms. The minimum absolute atomic E-state index is 0.218. The molecule has 1 aliphatic carbocycles. The number of unbranched alkanes of at least 4 members (excludes halogenated alkanes) is 7. The Morgan fingerprint density at radius 3 is 2.05 bits per heavy atom. The second-order valence-corrected chi connectivity index (χ2v) is 20.0. The highest BCUT2D eigenvalue weighted by atomic mass is 32.2. The number of aliphatic carboxylic acids is 2. The van der Waals surface area contributed by atoms with Crippen molar-refractivity contribution in [3.05, 3.63) is 130 Å². The van der Waals surface area contributed by atoms with Crippen LogP contribution in [0.5, 0.6) is 0 Å². The van der Waals surface area contributed by atoms with E-state index in [9.17, 15) is 19.8 Å². The van der Waals surface area contributed by atoms with Gasteiger partial charge in [-0.25, -0.2) is 0 Å². The third-order valence-corrected chi connectivity index (χ3v) is 15.0. The van der Waals surface area contributed by atoms with Gasteiger partial charge in [0.05, 0.1) is 5.41 Å². The number of fused-ring (bicyclic) bond motifs is 6. The summed E-state index contributed by atoms with van der Waals surface area (Å²) in [5.41, 5.74) is 10.3. The third kappa shape index (κ3) is 10.2. The molecule has 63 heavy (non-hydrogen) atoms. The molecule has 0 saturated heterocycles. The van der Waals surface area contributed by atoms with Crippen LogP contribution < -0.4 is 4.90 Å². The van der Waals surface area contributed by atoms with Crippen molar-refractivity contribution >= 4 is 62.3 Å². The van der Waals surface area contributed by atoms with Crippen LogP contribution in [0, 0.1) is 0 Å².